The summed E-state index contributed by atoms with van der Waals surface area (Å²) in [6, 6.07) is 0. The van der Waals surface area contributed by atoms with E-state index in [9.17, 15) is 18.3 Å². The number of hydrogen-bond acceptors (Lipinski definition) is 1. The van der Waals surface area contributed by atoms with Crippen molar-refractivity contribution < 1.29 is 18.3 Å². The number of hydrogen-bond donors (Lipinski definition) is 1. The standard InChI is InChI=1S/C13H22ClF3O/c1-2-3-4-5-6-7-8-9-12(18)11(14)10-13(15,16)17/h10,12,18H,2-9H2,1H3/b11-10+. The molecule has 0 amide bonds. The number of aliphatic hydroxyl groups is 1. The zero-order valence-electron chi connectivity index (χ0n) is 10.8. The van der Waals surface area contributed by atoms with Gasteiger partial charge in [-0.05, 0) is 6.42 Å². The number of allylic oxidation sites excluding steroid dienone is 1. The predicted molar refractivity (Wildman–Crippen MR) is 68.6 cm³/mol. The lowest BCUT2D eigenvalue weighted by Gasteiger charge is -2.10. The van der Waals surface area contributed by atoms with Gasteiger partial charge in [-0.15, -0.1) is 0 Å². The van der Waals surface area contributed by atoms with Crippen molar-refractivity contribution in [3.05, 3.63) is 11.1 Å². The van der Waals surface area contributed by atoms with Gasteiger partial charge in [0.25, 0.3) is 0 Å². The molecule has 0 fully saturated rings. The van der Waals surface area contributed by atoms with Crippen molar-refractivity contribution in [2.75, 3.05) is 0 Å². The third-order valence-electron chi connectivity index (χ3n) is 2.70. The van der Waals surface area contributed by atoms with Gasteiger partial charge >= 0.3 is 6.18 Å². The second-order valence-electron chi connectivity index (χ2n) is 4.50. The second-order valence-corrected chi connectivity index (χ2v) is 4.93. The van der Waals surface area contributed by atoms with Crippen LogP contribution < -0.4 is 0 Å². The van der Waals surface area contributed by atoms with Crippen molar-refractivity contribution in [3.8, 4) is 0 Å². The maximum absolute atomic E-state index is 12.0. The van der Waals surface area contributed by atoms with Gasteiger partial charge in [-0.2, -0.15) is 13.2 Å². The van der Waals surface area contributed by atoms with E-state index in [1.165, 1.54) is 19.3 Å². The Labute approximate surface area is 112 Å². The molecule has 18 heavy (non-hydrogen) atoms. The molecule has 0 spiro atoms. The maximum Gasteiger partial charge on any atom is 0.410 e. The minimum Gasteiger partial charge on any atom is -0.388 e. The van der Waals surface area contributed by atoms with Gasteiger partial charge in [-0.25, -0.2) is 0 Å². The third kappa shape index (κ3) is 10.9. The molecule has 0 aromatic rings. The summed E-state index contributed by atoms with van der Waals surface area (Å²) >= 11 is 5.39. The Balaban J connectivity index is 3.65. The minimum absolute atomic E-state index is 0.0412. The number of alkyl halides is 3. The van der Waals surface area contributed by atoms with E-state index in [0.717, 1.165) is 19.3 Å². The first-order valence-electron chi connectivity index (χ1n) is 6.50. The predicted octanol–water partition coefficient (Wildman–Crippen LogP) is 5.17. The van der Waals surface area contributed by atoms with Crippen LogP contribution in [-0.4, -0.2) is 17.4 Å². The van der Waals surface area contributed by atoms with Gasteiger partial charge in [0.2, 0.25) is 0 Å². The Bertz CT molecular complexity index is 239. The summed E-state index contributed by atoms with van der Waals surface area (Å²) in [5.41, 5.74) is 0. The van der Waals surface area contributed by atoms with Crippen molar-refractivity contribution in [3.63, 3.8) is 0 Å². The molecule has 0 heterocycles. The second kappa shape index (κ2) is 9.68. The van der Waals surface area contributed by atoms with Crippen molar-refractivity contribution >= 4 is 11.6 Å². The fraction of sp³-hybridized carbons (Fsp3) is 0.846. The van der Waals surface area contributed by atoms with Crippen molar-refractivity contribution in [1.29, 1.82) is 0 Å². The van der Waals surface area contributed by atoms with Crippen LogP contribution in [0.15, 0.2) is 11.1 Å². The summed E-state index contributed by atoms with van der Waals surface area (Å²) in [7, 11) is 0. The van der Waals surface area contributed by atoms with Gasteiger partial charge in [0.1, 0.15) is 0 Å². The molecular formula is C13H22ClF3O. The Morgan fingerprint density at radius 1 is 1.11 bits per heavy atom. The molecule has 1 nitrogen and oxygen atoms in total. The SMILES string of the molecule is CCCCCCCCCC(O)/C(Cl)=C\C(F)(F)F. The Hall–Kier alpha value is -0.220. The van der Waals surface area contributed by atoms with E-state index >= 15 is 0 Å². The zero-order valence-corrected chi connectivity index (χ0v) is 11.5. The molecule has 0 saturated heterocycles. The maximum atomic E-state index is 12.0. The lowest BCUT2D eigenvalue weighted by molar-refractivity contribution is -0.0809. The minimum atomic E-state index is -4.46. The highest BCUT2D eigenvalue weighted by molar-refractivity contribution is 6.30. The van der Waals surface area contributed by atoms with Gasteiger partial charge in [0, 0.05) is 6.08 Å². The molecule has 0 rings (SSSR count). The normalized spacial score (nSPS) is 14.9. The molecule has 0 bridgehead atoms. The Morgan fingerprint density at radius 2 is 1.61 bits per heavy atom. The van der Waals surface area contributed by atoms with E-state index in [0.29, 0.717) is 12.8 Å². The molecule has 108 valence electrons. The van der Waals surface area contributed by atoms with Gasteiger partial charge in [-0.3, -0.25) is 0 Å². The molecule has 0 aromatic heterocycles. The number of rotatable bonds is 9. The van der Waals surface area contributed by atoms with E-state index in [1.807, 2.05) is 0 Å². The molecule has 0 saturated carbocycles. The van der Waals surface area contributed by atoms with E-state index < -0.39 is 17.3 Å². The first kappa shape index (κ1) is 17.8. The topological polar surface area (TPSA) is 20.2 Å². The van der Waals surface area contributed by atoms with Crippen LogP contribution in [0.5, 0.6) is 0 Å². The van der Waals surface area contributed by atoms with E-state index in [1.54, 1.807) is 0 Å². The first-order valence-corrected chi connectivity index (χ1v) is 6.87. The summed E-state index contributed by atoms with van der Waals surface area (Å²) in [5.74, 6) is 0. The van der Waals surface area contributed by atoms with Crippen LogP contribution in [0.1, 0.15) is 58.3 Å². The smallest absolute Gasteiger partial charge is 0.388 e. The molecular weight excluding hydrogens is 265 g/mol. The highest BCUT2D eigenvalue weighted by Gasteiger charge is 2.26. The lowest BCUT2D eigenvalue weighted by Crippen LogP contribution is -2.11. The fourth-order valence-corrected chi connectivity index (χ4v) is 1.92. The Morgan fingerprint density at radius 3 is 2.11 bits per heavy atom. The highest BCUT2D eigenvalue weighted by atomic mass is 35.5. The molecule has 5 heteroatoms. The van der Waals surface area contributed by atoms with Crippen LogP contribution >= 0.6 is 11.6 Å². The highest BCUT2D eigenvalue weighted by Crippen LogP contribution is 2.24. The van der Waals surface area contributed by atoms with Gasteiger partial charge < -0.3 is 5.11 Å². The van der Waals surface area contributed by atoms with Crippen molar-refractivity contribution in [2.24, 2.45) is 0 Å². The molecule has 0 aromatic carbocycles. The van der Waals surface area contributed by atoms with Crippen LogP contribution in [0.3, 0.4) is 0 Å². The lowest BCUT2D eigenvalue weighted by atomic mass is 10.1. The third-order valence-corrected chi connectivity index (χ3v) is 3.06. The average molecular weight is 287 g/mol. The quantitative estimate of drug-likeness (QED) is 0.580. The van der Waals surface area contributed by atoms with Gasteiger partial charge in [0.05, 0.1) is 11.1 Å². The summed E-state index contributed by atoms with van der Waals surface area (Å²) < 4.78 is 35.9. The number of aliphatic hydroxyl groups excluding tert-OH is 1. The molecule has 0 aliphatic carbocycles. The fourth-order valence-electron chi connectivity index (χ4n) is 1.69. The van der Waals surface area contributed by atoms with Crippen LogP contribution in [0, 0.1) is 0 Å². The van der Waals surface area contributed by atoms with E-state index in [4.69, 9.17) is 11.6 Å². The summed E-state index contributed by atoms with van der Waals surface area (Å²) in [5, 5.41) is 8.90. The van der Waals surface area contributed by atoms with Gasteiger partial charge in [0.15, 0.2) is 0 Å². The molecule has 1 N–H and O–H groups in total. The number of unbranched alkanes of at least 4 members (excludes halogenated alkanes) is 6. The molecule has 0 aliphatic heterocycles. The van der Waals surface area contributed by atoms with Crippen molar-refractivity contribution in [1.82, 2.24) is 0 Å². The summed E-state index contributed by atoms with van der Waals surface area (Å²) in [6.45, 7) is 2.14. The monoisotopic (exact) mass is 286 g/mol. The van der Waals surface area contributed by atoms with E-state index in [-0.39, 0.29) is 6.08 Å². The van der Waals surface area contributed by atoms with Crippen LogP contribution in [-0.2, 0) is 0 Å². The van der Waals surface area contributed by atoms with Crippen LogP contribution in [0.4, 0.5) is 13.2 Å². The number of halogens is 4. The first-order chi connectivity index (χ1) is 8.37. The average Bonchev–Trinajstić information content (AvgIpc) is 2.25. The van der Waals surface area contributed by atoms with E-state index in [2.05, 4.69) is 6.92 Å². The van der Waals surface area contributed by atoms with Crippen molar-refractivity contribution in [2.45, 2.75) is 70.6 Å². The van der Waals surface area contributed by atoms with Crippen LogP contribution in [0.2, 0.25) is 0 Å². The van der Waals surface area contributed by atoms with Gasteiger partial charge in [-0.1, -0.05) is 63.5 Å². The Kier molecular flexibility index (Phi) is 9.56. The summed E-state index contributed by atoms with van der Waals surface area (Å²) in [4.78, 5) is 0. The molecule has 1 unspecified atom stereocenters. The molecule has 0 radical (unpaired) electrons. The molecule has 0 aliphatic rings. The summed E-state index contributed by atoms with van der Waals surface area (Å²) in [6.07, 6.45) is 2.06. The molecule has 1 atom stereocenters. The largest absolute Gasteiger partial charge is 0.410 e. The zero-order chi connectivity index (χ0) is 14.0. The van der Waals surface area contributed by atoms with Crippen LogP contribution in [0.25, 0.3) is 0 Å².